The number of aliphatic hydroxyl groups excluding tert-OH is 1. The maximum atomic E-state index is 11.5. The summed E-state index contributed by atoms with van der Waals surface area (Å²) in [6, 6.07) is 12.0. The number of rotatable bonds is 7. The van der Waals surface area contributed by atoms with Gasteiger partial charge in [-0.15, -0.1) is 0 Å². The first kappa shape index (κ1) is 19.4. The van der Waals surface area contributed by atoms with E-state index in [0.717, 1.165) is 11.1 Å². The largest absolute Gasteiger partial charge is 0.493 e. The van der Waals surface area contributed by atoms with Gasteiger partial charge in [0.15, 0.2) is 11.5 Å². The number of aromatic nitrogens is 1. The Morgan fingerprint density at radius 2 is 1.86 bits per heavy atom. The SMILES string of the molecule is COC(=O)c1ccc(-c2nc(COc3ccc(CO)cc3OC)c(C)o2)cc1. The number of carbonyl (C=O) groups excluding carboxylic acids is 1. The van der Waals surface area contributed by atoms with E-state index >= 15 is 0 Å². The zero-order valence-corrected chi connectivity index (χ0v) is 15.9. The van der Waals surface area contributed by atoms with Crippen LogP contribution in [0.25, 0.3) is 11.5 Å². The molecule has 0 atom stereocenters. The van der Waals surface area contributed by atoms with Crippen LogP contribution in [0.15, 0.2) is 46.9 Å². The highest BCUT2D eigenvalue weighted by Crippen LogP contribution is 2.30. The summed E-state index contributed by atoms with van der Waals surface area (Å²) in [6.07, 6.45) is 0. The molecule has 0 aliphatic carbocycles. The highest BCUT2D eigenvalue weighted by Gasteiger charge is 2.14. The quantitative estimate of drug-likeness (QED) is 0.624. The smallest absolute Gasteiger partial charge is 0.337 e. The van der Waals surface area contributed by atoms with Crippen molar-refractivity contribution in [3.05, 3.63) is 65.0 Å². The number of ether oxygens (including phenoxy) is 3. The van der Waals surface area contributed by atoms with Crippen molar-refractivity contribution in [2.45, 2.75) is 20.1 Å². The van der Waals surface area contributed by atoms with E-state index in [4.69, 9.17) is 18.6 Å². The fraction of sp³-hybridized carbons (Fsp3) is 0.238. The number of nitrogens with zero attached hydrogens (tertiary/aromatic N) is 1. The van der Waals surface area contributed by atoms with Crippen molar-refractivity contribution in [1.29, 1.82) is 0 Å². The molecule has 7 nitrogen and oxygen atoms in total. The number of aliphatic hydroxyl groups is 1. The van der Waals surface area contributed by atoms with Gasteiger partial charge in [-0.05, 0) is 48.9 Å². The first-order valence-electron chi connectivity index (χ1n) is 8.61. The number of benzene rings is 2. The lowest BCUT2D eigenvalue weighted by Crippen LogP contribution is -2.00. The highest BCUT2D eigenvalue weighted by molar-refractivity contribution is 5.89. The number of methoxy groups -OCH3 is 2. The zero-order valence-electron chi connectivity index (χ0n) is 15.9. The first-order chi connectivity index (χ1) is 13.5. The van der Waals surface area contributed by atoms with E-state index in [1.54, 1.807) is 49.6 Å². The van der Waals surface area contributed by atoms with E-state index in [1.807, 2.05) is 6.92 Å². The Balaban J connectivity index is 1.75. The fourth-order valence-corrected chi connectivity index (χ4v) is 2.63. The highest BCUT2D eigenvalue weighted by atomic mass is 16.5. The van der Waals surface area contributed by atoms with Crippen LogP contribution in [0.4, 0.5) is 0 Å². The predicted octanol–water partition coefficient (Wildman–Crippen LogP) is 3.52. The van der Waals surface area contributed by atoms with Gasteiger partial charge in [0.2, 0.25) is 5.89 Å². The molecule has 7 heteroatoms. The molecule has 1 N–H and O–H groups in total. The summed E-state index contributed by atoms with van der Waals surface area (Å²) < 4.78 is 21.6. The van der Waals surface area contributed by atoms with Gasteiger partial charge in [-0.2, -0.15) is 0 Å². The Hall–Kier alpha value is -3.32. The first-order valence-corrected chi connectivity index (χ1v) is 8.61. The predicted molar refractivity (Wildman–Crippen MR) is 101 cm³/mol. The van der Waals surface area contributed by atoms with Crippen LogP contribution >= 0.6 is 0 Å². The van der Waals surface area contributed by atoms with Crippen molar-refractivity contribution in [2.75, 3.05) is 14.2 Å². The van der Waals surface area contributed by atoms with Gasteiger partial charge in [-0.25, -0.2) is 9.78 Å². The van der Waals surface area contributed by atoms with E-state index in [0.29, 0.717) is 34.4 Å². The number of oxazole rings is 1. The Morgan fingerprint density at radius 1 is 1.11 bits per heavy atom. The van der Waals surface area contributed by atoms with E-state index in [-0.39, 0.29) is 13.2 Å². The topological polar surface area (TPSA) is 91.0 Å². The molecule has 0 aliphatic heterocycles. The van der Waals surface area contributed by atoms with Gasteiger partial charge in [0.05, 0.1) is 26.4 Å². The third-order valence-electron chi connectivity index (χ3n) is 4.22. The molecule has 2 aromatic carbocycles. The van der Waals surface area contributed by atoms with Crippen LogP contribution in [0.1, 0.15) is 27.4 Å². The normalized spacial score (nSPS) is 10.6. The van der Waals surface area contributed by atoms with Gasteiger partial charge in [-0.1, -0.05) is 6.07 Å². The van der Waals surface area contributed by atoms with Crippen LogP contribution in [0.2, 0.25) is 0 Å². The molecule has 0 amide bonds. The summed E-state index contributed by atoms with van der Waals surface area (Å²) in [6.45, 7) is 1.94. The number of esters is 1. The van der Waals surface area contributed by atoms with Crippen LogP contribution in [-0.4, -0.2) is 30.3 Å². The molecule has 1 heterocycles. The molecule has 3 aromatic rings. The second-order valence-corrected chi connectivity index (χ2v) is 6.02. The molecule has 146 valence electrons. The Labute approximate surface area is 162 Å². The van der Waals surface area contributed by atoms with Crippen molar-refractivity contribution >= 4 is 5.97 Å². The monoisotopic (exact) mass is 383 g/mol. The van der Waals surface area contributed by atoms with E-state index in [1.165, 1.54) is 7.11 Å². The zero-order chi connectivity index (χ0) is 20.1. The van der Waals surface area contributed by atoms with E-state index < -0.39 is 5.97 Å². The van der Waals surface area contributed by atoms with Crippen LogP contribution in [0.3, 0.4) is 0 Å². The molecule has 0 saturated carbocycles. The molecule has 28 heavy (non-hydrogen) atoms. The number of hydrogen-bond donors (Lipinski definition) is 1. The minimum absolute atomic E-state index is 0.0723. The van der Waals surface area contributed by atoms with Crippen LogP contribution in [0, 0.1) is 6.92 Å². The lowest BCUT2D eigenvalue weighted by molar-refractivity contribution is 0.0600. The van der Waals surface area contributed by atoms with Crippen LogP contribution in [0.5, 0.6) is 11.5 Å². The summed E-state index contributed by atoms with van der Waals surface area (Å²) in [4.78, 5) is 16.0. The van der Waals surface area contributed by atoms with Crippen molar-refractivity contribution in [2.24, 2.45) is 0 Å². The number of carbonyl (C=O) groups is 1. The molecule has 0 bridgehead atoms. The minimum atomic E-state index is -0.398. The Kier molecular flexibility index (Phi) is 5.96. The molecular weight excluding hydrogens is 362 g/mol. The maximum absolute atomic E-state index is 11.5. The standard InChI is InChI=1S/C21H21NO6/c1-13-17(12-27-18-9-4-14(11-23)10-19(18)25-2)22-20(28-13)15-5-7-16(8-6-15)21(24)26-3/h4-10,23H,11-12H2,1-3H3. The van der Waals surface area contributed by atoms with Crippen LogP contribution < -0.4 is 9.47 Å². The third kappa shape index (κ3) is 4.15. The van der Waals surface area contributed by atoms with Crippen molar-refractivity contribution in [1.82, 2.24) is 4.98 Å². The Morgan fingerprint density at radius 3 is 2.50 bits per heavy atom. The molecule has 0 radical (unpaired) electrons. The Bertz CT molecular complexity index is 962. The van der Waals surface area contributed by atoms with Gasteiger partial charge < -0.3 is 23.7 Å². The molecule has 0 unspecified atom stereocenters. The fourth-order valence-electron chi connectivity index (χ4n) is 2.63. The van der Waals surface area contributed by atoms with Crippen molar-refractivity contribution in [3.63, 3.8) is 0 Å². The second kappa shape index (κ2) is 8.58. The van der Waals surface area contributed by atoms with Gasteiger partial charge in [0, 0.05) is 5.56 Å². The molecular formula is C21H21NO6. The summed E-state index contributed by atoms with van der Waals surface area (Å²) in [5.74, 6) is 1.76. The molecule has 3 rings (SSSR count). The van der Waals surface area contributed by atoms with Gasteiger partial charge in [0.25, 0.3) is 0 Å². The second-order valence-electron chi connectivity index (χ2n) is 6.02. The van der Waals surface area contributed by atoms with Gasteiger partial charge in [0.1, 0.15) is 18.1 Å². The van der Waals surface area contributed by atoms with E-state index in [2.05, 4.69) is 4.98 Å². The van der Waals surface area contributed by atoms with Crippen LogP contribution in [-0.2, 0) is 18.0 Å². The molecule has 0 saturated heterocycles. The summed E-state index contributed by atoms with van der Waals surface area (Å²) in [5.41, 5.74) is 2.59. The van der Waals surface area contributed by atoms with Gasteiger partial charge in [-0.3, -0.25) is 0 Å². The maximum Gasteiger partial charge on any atom is 0.337 e. The number of aryl methyl sites for hydroxylation is 1. The lowest BCUT2D eigenvalue weighted by atomic mass is 10.1. The van der Waals surface area contributed by atoms with Crippen molar-refractivity contribution in [3.8, 4) is 23.0 Å². The third-order valence-corrected chi connectivity index (χ3v) is 4.22. The average molecular weight is 383 g/mol. The summed E-state index contributed by atoms with van der Waals surface area (Å²) in [5, 5.41) is 9.22. The summed E-state index contributed by atoms with van der Waals surface area (Å²) in [7, 11) is 2.88. The lowest BCUT2D eigenvalue weighted by Gasteiger charge is -2.10. The molecule has 0 spiro atoms. The summed E-state index contributed by atoms with van der Waals surface area (Å²) >= 11 is 0. The average Bonchev–Trinajstić information content (AvgIpc) is 3.12. The van der Waals surface area contributed by atoms with Gasteiger partial charge >= 0.3 is 5.97 Å². The molecule has 0 fully saturated rings. The molecule has 1 aromatic heterocycles. The van der Waals surface area contributed by atoms with E-state index in [9.17, 15) is 9.90 Å². The van der Waals surface area contributed by atoms with Crippen molar-refractivity contribution < 1.29 is 28.5 Å². The minimum Gasteiger partial charge on any atom is -0.493 e. The number of hydrogen-bond acceptors (Lipinski definition) is 7. The molecule has 0 aliphatic rings.